The van der Waals surface area contributed by atoms with Crippen LogP contribution in [0.5, 0.6) is 0 Å². The van der Waals surface area contributed by atoms with Crippen molar-refractivity contribution in [1.29, 1.82) is 0 Å². The molecule has 1 aliphatic rings. The van der Waals surface area contributed by atoms with Crippen LogP contribution in [0.2, 0.25) is 0 Å². The Kier molecular flexibility index (Phi) is 5.38. The Labute approximate surface area is 162 Å². The van der Waals surface area contributed by atoms with Gasteiger partial charge >= 0.3 is 5.97 Å². The predicted molar refractivity (Wildman–Crippen MR) is 105 cm³/mol. The van der Waals surface area contributed by atoms with E-state index in [1.54, 1.807) is 6.07 Å². The Bertz CT molecular complexity index is 882. The number of halogens is 1. The fourth-order valence-corrected chi connectivity index (χ4v) is 4.85. The van der Waals surface area contributed by atoms with Crippen molar-refractivity contribution in [3.63, 3.8) is 0 Å². The Morgan fingerprint density at radius 2 is 2.04 bits per heavy atom. The Hall–Kier alpha value is -2.21. The highest BCUT2D eigenvalue weighted by atomic mass is 32.1. The number of hydrogen-bond acceptors (Lipinski definition) is 4. The number of carbonyl (C=O) groups excluding carboxylic acids is 2. The second-order valence-electron chi connectivity index (χ2n) is 7.97. The molecule has 0 saturated carbocycles. The quantitative estimate of drug-likeness (QED) is 0.745. The average Bonchev–Trinajstić information content (AvgIpc) is 2.97. The van der Waals surface area contributed by atoms with Crippen molar-refractivity contribution in [2.45, 2.75) is 40.0 Å². The van der Waals surface area contributed by atoms with E-state index < -0.39 is 17.7 Å². The standard InChI is InChI=1S/C21H24FNO3S/c1-21(2,3)13-8-9-15-16(11-13)27-19(17(15)20(25)26-4)23-18(24)12-6-5-7-14(22)10-12/h5-7,10,13H,8-9,11H2,1-4H3,(H,23,24)/t13-/m0/s1. The summed E-state index contributed by atoms with van der Waals surface area (Å²) in [5.74, 6) is -0.850. The summed E-state index contributed by atoms with van der Waals surface area (Å²) in [6.45, 7) is 6.68. The first kappa shape index (κ1) is 19.5. The minimum Gasteiger partial charge on any atom is -0.465 e. The summed E-state index contributed by atoms with van der Waals surface area (Å²) in [5, 5.41) is 3.27. The monoisotopic (exact) mass is 389 g/mol. The highest BCUT2D eigenvalue weighted by Crippen LogP contribution is 2.44. The number of anilines is 1. The van der Waals surface area contributed by atoms with Gasteiger partial charge in [-0.3, -0.25) is 4.79 Å². The molecule has 1 atom stereocenters. The zero-order chi connectivity index (χ0) is 19.8. The third kappa shape index (κ3) is 4.05. The van der Waals surface area contributed by atoms with Gasteiger partial charge in [0, 0.05) is 10.4 Å². The maximum absolute atomic E-state index is 13.4. The largest absolute Gasteiger partial charge is 0.465 e. The van der Waals surface area contributed by atoms with Gasteiger partial charge in [-0.05, 0) is 54.4 Å². The van der Waals surface area contributed by atoms with Crippen LogP contribution in [0.25, 0.3) is 0 Å². The summed E-state index contributed by atoms with van der Waals surface area (Å²) in [6.07, 6.45) is 2.66. The summed E-state index contributed by atoms with van der Waals surface area (Å²) in [5.41, 5.74) is 1.80. The van der Waals surface area contributed by atoms with Crippen LogP contribution >= 0.6 is 11.3 Å². The molecule has 6 heteroatoms. The Balaban J connectivity index is 1.94. The van der Waals surface area contributed by atoms with Gasteiger partial charge in [0.25, 0.3) is 5.91 Å². The summed E-state index contributed by atoms with van der Waals surface area (Å²) in [6, 6.07) is 5.49. The molecule has 0 spiro atoms. The van der Waals surface area contributed by atoms with E-state index in [4.69, 9.17) is 4.74 Å². The van der Waals surface area contributed by atoms with Crippen molar-refractivity contribution in [2.75, 3.05) is 12.4 Å². The van der Waals surface area contributed by atoms with Crippen molar-refractivity contribution in [3.05, 3.63) is 51.7 Å². The molecule has 1 aliphatic carbocycles. The maximum atomic E-state index is 13.4. The molecule has 0 aliphatic heterocycles. The van der Waals surface area contributed by atoms with E-state index in [-0.39, 0.29) is 11.0 Å². The van der Waals surface area contributed by atoms with Crippen LogP contribution in [-0.2, 0) is 17.6 Å². The minimum atomic E-state index is -0.477. The first-order chi connectivity index (χ1) is 12.7. The first-order valence-electron chi connectivity index (χ1n) is 9.00. The molecule has 27 heavy (non-hydrogen) atoms. The number of amides is 1. The molecule has 3 rings (SSSR count). The smallest absolute Gasteiger partial charge is 0.341 e. The van der Waals surface area contributed by atoms with Crippen LogP contribution in [0.3, 0.4) is 0 Å². The van der Waals surface area contributed by atoms with Crippen molar-refractivity contribution >= 4 is 28.2 Å². The molecule has 0 fully saturated rings. The van der Waals surface area contributed by atoms with Gasteiger partial charge in [-0.15, -0.1) is 11.3 Å². The SMILES string of the molecule is COC(=O)c1c(NC(=O)c2cccc(F)c2)sc2c1CC[C@H](C(C)(C)C)C2. The second-order valence-corrected chi connectivity index (χ2v) is 9.07. The average molecular weight is 389 g/mol. The summed E-state index contributed by atoms with van der Waals surface area (Å²) >= 11 is 1.43. The maximum Gasteiger partial charge on any atom is 0.341 e. The van der Waals surface area contributed by atoms with Gasteiger partial charge in [0.05, 0.1) is 12.7 Å². The lowest BCUT2D eigenvalue weighted by molar-refractivity contribution is 0.0600. The van der Waals surface area contributed by atoms with Crippen LogP contribution in [0, 0.1) is 17.2 Å². The predicted octanol–water partition coefficient (Wildman–Crippen LogP) is 5.08. The van der Waals surface area contributed by atoms with E-state index in [1.165, 1.54) is 36.6 Å². The van der Waals surface area contributed by atoms with Crippen LogP contribution < -0.4 is 5.32 Å². The molecule has 2 aromatic rings. The number of thiophene rings is 1. The second kappa shape index (κ2) is 7.43. The molecule has 0 bridgehead atoms. The number of esters is 1. The summed E-state index contributed by atoms with van der Waals surface area (Å²) < 4.78 is 18.4. The van der Waals surface area contributed by atoms with Crippen LogP contribution in [-0.4, -0.2) is 19.0 Å². The number of hydrogen-bond donors (Lipinski definition) is 1. The molecule has 0 saturated heterocycles. The molecule has 1 aromatic carbocycles. The van der Waals surface area contributed by atoms with E-state index in [0.717, 1.165) is 29.7 Å². The van der Waals surface area contributed by atoms with E-state index in [9.17, 15) is 14.0 Å². The van der Waals surface area contributed by atoms with Crippen LogP contribution in [0.15, 0.2) is 24.3 Å². The number of benzene rings is 1. The molecule has 0 unspecified atom stereocenters. The fourth-order valence-electron chi connectivity index (χ4n) is 3.54. The number of methoxy groups -OCH3 is 1. The van der Waals surface area contributed by atoms with Gasteiger partial charge in [0.1, 0.15) is 10.8 Å². The third-order valence-corrected chi connectivity index (χ3v) is 6.36. The van der Waals surface area contributed by atoms with Gasteiger partial charge in [0.15, 0.2) is 0 Å². The number of carbonyl (C=O) groups is 2. The lowest BCUT2D eigenvalue weighted by Gasteiger charge is -2.33. The van der Waals surface area contributed by atoms with Gasteiger partial charge in [0.2, 0.25) is 0 Å². The molecule has 1 aromatic heterocycles. The fraction of sp³-hybridized carbons (Fsp3) is 0.429. The number of fused-ring (bicyclic) bond motifs is 1. The number of nitrogens with one attached hydrogen (secondary N) is 1. The van der Waals surface area contributed by atoms with E-state index >= 15 is 0 Å². The zero-order valence-corrected chi connectivity index (χ0v) is 16.8. The molecule has 4 nitrogen and oxygen atoms in total. The summed E-state index contributed by atoms with van der Waals surface area (Å²) in [4.78, 5) is 26.1. The van der Waals surface area contributed by atoms with Crippen molar-refractivity contribution < 1.29 is 18.7 Å². The molecular formula is C21H24FNO3S. The molecule has 0 radical (unpaired) electrons. The van der Waals surface area contributed by atoms with E-state index in [1.807, 2.05) is 0 Å². The lowest BCUT2D eigenvalue weighted by atomic mass is 9.72. The number of ether oxygens (including phenoxy) is 1. The van der Waals surface area contributed by atoms with Gasteiger partial charge in [-0.25, -0.2) is 9.18 Å². The van der Waals surface area contributed by atoms with E-state index in [2.05, 4.69) is 26.1 Å². The minimum absolute atomic E-state index is 0.179. The van der Waals surface area contributed by atoms with Gasteiger partial charge < -0.3 is 10.1 Å². The lowest BCUT2D eigenvalue weighted by Crippen LogP contribution is -2.26. The van der Waals surface area contributed by atoms with Crippen molar-refractivity contribution in [1.82, 2.24) is 0 Å². The van der Waals surface area contributed by atoms with Crippen LogP contribution in [0.1, 0.15) is 58.3 Å². The van der Waals surface area contributed by atoms with Crippen molar-refractivity contribution in [3.8, 4) is 0 Å². The summed E-state index contributed by atoms with van der Waals surface area (Å²) in [7, 11) is 1.34. The first-order valence-corrected chi connectivity index (χ1v) is 9.82. The highest BCUT2D eigenvalue weighted by Gasteiger charge is 2.34. The Morgan fingerprint density at radius 3 is 2.67 bits per heavy atom. The molecule has 1 N–H and O–H groups in total. The topological polar surface area (TPSA) is 55.4 Å². The zero-order valence-electron chi connectivity index (χ0n) is 16.0. The van der Waals surface area contributed by atoms with Crippen LogP contribution in [0.4, 0.5) is 9.39 Å². The normalized spacial score (nSPS) is 16.6. The molecule has 1 heterocycles. The van der Waals surface area contributed by atoms with Gasteiger partial charge in [-0.1, -0.05) is 26.8 Å². The molecule has 144 valence electrons. The van der Waals surface area contributed by atoms with Crippen molar-refractivity contribution in [2.24, 2.45) is 11.3 Å². The van der Waals surface area contributed by atoms with E-state index in [0.29, 0.717) is 16.5 Å². The third-order valence-electron chi connectivity index (χ3n) is 5.19. The molecular weight excluding hydrogens is 365 g/mol. The number of rotatable bonds is 3. The van der Waals surface area contributed by atoms with Gasteiger partial charge in [-0.2, -0.15) is 0 Å². The molecule has 1 amide bonds. The Morgan fingerprint density at radius 1 is 1.30 bits per heavy atom. The highest BCUT2D eigenvalue weighted by molar-refractivity contribution is 7.17.